The van der Waals surface area contributed by atoms with Crippen molar-refractivity contribution in [1.29, 1.82) is 5.26 Å². The summed E-state index contributed by atoms with van der Waals surface area (Å²) in [5.41, 5.74) is 0.957. The molecule has 0 saturated carbocycles. The van der Waals surface area contributed by atoms with Gasteiger partial charge in [0.1, 0.15) is 5.76 Å². The summed E-state index contributed by atoms with van der Waals surface area (Å²) in [6.45, 7) is -0.355. The van der Waals surface area contributed by atoms with Crippen LogP contribution in [-0.2, 0) is 21.4 Å². The molecule has 0 aliphatic carbocycles. The van der Waals surface area contributed by atoms with Crippen molar-refractivity contribution in [2.45, 2.75) is 6.54 Å². The molecule has 0 radical (unpaired) electrons. The van der Waals surface area contributed by atoms with Crippen LogP contribution in [0.4, 0.5) is 5.69 Å². The zero-order valence-corrected chi connectivity index (χ0v) is 13.2. The van der Waals surface area contributed by atoms with Crippen molar-refractivity contribution in [3.63, 3.8) is 0 Å². The normalized spacial score (nSPS) is 11.2. The van der Waals surface area contributed by atoms with Gasteiger partial charge in [0.2, 0.25) is 15.9 Å². The highest BCUT2D eigenvalue weighted by atomic mass is 32.2. The predicted molar refractivity (Wildman–Crippen MR) is 83.7 cm³/mol. The summed E-state index contributed by atoms with van der Waals surface area (Å²) in [4.78, 5) is 12.0. The van der Waals surface area contributed by atoms with Gasteiger partial charge in [-0.05, 0) is 36.4 Å². The fraction of sp³-hybridized carbons (Fsp3) is 0.200. The van der Waals surface area contributed by atoms with Crippen LogP contribution in [0.2, 0.25) is 0 Å². The molecule has 0 unspecified atom stereocenters. The van der Waals surface area contributed by atoms with E-state index in [1.54, 1.807) is 36.4 Å². The Balaban J connectivity index is 2.03. The Morgan fingerprint density at radius 1 is 1.30 bits per heavy atom. The van der Waals surface area contributed by atoms with Crippen LogP contribution < -0.4 is 5.32 Å². The van der Waals surface area contributed by atoms with E-state index in [0.29, 0.717) is 17.0 Å². The van der Waals surface area contributed by atoms with Crippen LogP contribution in [-0.4, -0.2) is 31.4 Å². The van der Waals surface area contributed by atoms with Gasteiger partial charge < -0.3 is 9.73 Å². The van der Waals surface area contributed by atoms with Crippen LogP contribution >= 0.6 is 0 Å². The molecular formula is C15H15N3O4S. The Hall–Kier alpha value is -2.63. The third kappa shape index (κ3) is 4.95. The van der Waals surface area contributed by atoms with Gasteiger partial charge in [-0.1, -0.05) is 0 Å². The Labute approximate surface area is 134 Å². The minimum absolute atomic E-state index is 0.0212. The maximum Gasteiger partial charge on any atom is 0.239 e. The van der Waals surface area contributed by atoms with Crippen LogP contribution in [0.25, 0.3) is 0 Å². The highest BCUT2D eigenvalue weighted by Crippen LogP contribution is 2.11. The first kappa shape index (κ1) is 16.7. The van der Waals surface area contributed by atoms with Gasteiger partial charge in [-0.2, -0.15) is 9.57 Å². The number of hydrogen-bond donors (Lipinski definition) is 1. The summed E-state index contributed by atoms with van der Waals surface area (Å²) in [6, 6.07) is 11.5. The maximum atomic E-state index is 12.0. The minimum Gasteiger partial charge on any atom is -0.468 e. The predicted octanol–water partition coefficient (Wildman–Crippen LogP) is 1.55. The average molecular weight is 333 g/mol. The molecule has 0 bridgehead atoms. The molecule has 2 rings (SSSR count). The van der Waals surface area contributed by atoms with E-state index in [4.69, 9.17) is 9.68 Å². The summed E-state index contributed by atoms with van der Waals surface area (Å²) in [6.07, 6.45) is 2.47. The van der Waals surface area contributed by atoms with Crippen LogP contribution in [0.15, 0.2) is 47.1 Å². The van der Waals surface area contributed by atoms with Crippen molar-refractivity contribution in [3.05, 3.63) is 54.0 Å². The fourth-order valence-corrected chi connectivity index (χ4v) is 2.57. The van der Waals surface area contributed by atoms with Gasteiger partial charge in [0.25, 0.3) is 0 Å². The molecule has 0 fully saturated rings. The van der Waals surface area contributed by atoms with Gasteiger partial charge in [-0.3, -0.25) is 4.79 Å². The standard InChI is InChI=1S/C15H15N3O4S/c1-23(20,21)18(10-14-3-2-8-22-14)11-15(19)17-13-6-4-12(9-16)5-7-13/h2-8H,10-11H2,1H3,(H,17,19). The number of nitrogens with one attached hydrogen (secondary N) is 1. The van der Waals surface area contributed by atoms with Gasteiger partial charge in [0.15, 0.2) is 0 Å². The molecule has 1 aromatic heterocycles. The number of nitrogens with zero attached hydrogens (tertiary/aromatic N) is 2. The van der Waals surface area contributed by atoms with Crippen molar-refractivity contribution in [2.75, 3.05) is 18.1 Å². The molecule has 0 aliphatic rings. The van der Waals surface area contributed by atoms with Crippen LogP contribution in [0, 0.1) is 11.3 Å². The summed E-state index contributed by atoms with van der Waals surface area (Å²) >= 11 is 0. The number of amides is 1. The second kappa shape index (κ2) is 7.09. The number of carbonyl (C=O) groups is 1. The molecule has 7 nitrogen and oxygen atoms in total. The highest BCUT2D eigenvalue weighted by Gasteiger charge is 2.21. The average Bonchev–Trinajstić information content (AvgIpc) is 2.99. The van der Waals surface area contributed by atoms with Gasteiger partial charge in [0, 0.05) is 5.69 Å². The number of hydrogen-bond acceptors (Lipinski definition) is 5. The van der Waals surface area contributed by atoms with E-state index in [1.807, 2.05) is 6.07 Å². The molecule has 2 aromatic rings. The number of furan rings is 1. The zero-order chi connectivity index (χ0) is 16.9. The third-order valence-electron chi connectivity index (χ3n) is 3.00. The van der Waals surface area contributed by atoms with Crippen LogP contribution in [0.1, 0.15) is 11.3 Å². The fourth-order valence-electron chi connectivity index (χ4n) is 1.86. The van der Waals surface area contributed by atoms with Crippen molar-refractivity contribution in [2.24, 2.45) is 0 Å². The van der Waals surface area contributed by atoms with Crippen LogP contribution in [0.3, 0.4) is 0 Å². The number of nitriles is 1. The van der Waals surface area contributed by atoms with Crippen molar-refractivity contribution >= 4 is 21.6 Å². The van der Waals surface area contributed by atoms with Gasteiger partial charge >= 0.3 is 0 Å². The summed E-state index contributed by atoms with van der Waals surface area (Å²) in [5, 5.41) is 11.3. The molecule has 0 atom stereocenters. The SMILES string of the molecule is CS(=O)(=O)N(CC(=O)Nc1ccc(C#N)cc1)Cc1ccco1. The van der Waals surface area contributed by atoms with Crippen LogP contribution in [0.5, 0.6) is 0 Å². The smallest absolute Gasteiger partial charge is 0.239 e. The number of carbonyl (C=O) groups excluding carboxylic acids is 1. The number of anilines is 1. The van der Waals surface area contributed by atoms with E-state index in [-0.39, 0.29) is 13.1 Å². The molecule has 23 heavy (non-hydrogen) atoms. The largest absolute Gasteiger partial charge is 0.468 e. The summed E-state index contributed by atoms with van der Waals surface area (Å²) in [7, 11) is -3.57. The number of benzene rings is 1. The molecule has 1 aromatic carbocycles. The Morgan fingerprint density at radius 2 is 2.00 bits per heavy atom. The first-order chi connectivity index (χ1) is 10.9. The van der Waals surface area contributed by atoms with Crippen molar-refractivity contribution in [1.82, 2.24) is 4.31 Å². The monoisotopic (exact) mass is 333 g/mol. The Kier molecular flexibility index (Phi) is 5.16. The van der Waals surface area contributed by atoms with E-state index in [0.717, 1.165) is 10.6 Å². The van der Waals surface area contributed by atoms with E-state index < -0.39 is 15.9 Å². The number of rotatable bonds is 6. The van der Waals surface area contributed by atoms with Gasteiger partial charge in [-0.25, -0.2) is 8.42 Å². The lowest BCUT2D eigenvalue weighted by molar-refractivity contribution is -0.116. The molecule has 0 spiro atoms. The maximum absolute atomic E-state index is 12.0. The Morgan fingerprint density at radius 3 is 2.52 bits per heavy atom. The van der Waals surface area contributed by atoms with Crippen molar-refractivity contribution in [3.8, 4) is 6.07 Å². The highest BCUT2D eigenvalue weighted by molar-refractivity contribution is 7.88. The lowest BCUT2D eigenvalue weighted by Crippen LogP contribution is -2.36. The molecular weight excluding hydrogens is 318 g/mol. The topological polar surface area (TPSA) is 103 Å². The molecule has 1 N–H and O–H groups in total. The molecule has 1 heterocycles. The van der Waals surface area contributed by atoms with Gasteiger partial charge in [0.05, 0.1) is 37.2 Å². The minimum atomic E-state index is -3.57. The van der Waals surface area contributed by atoms with E-state index >= 15 is 0 Å². The first-order valence-electron chi connectivity index (χ1n) is 6.66. The van der Waals surface area contributed by atoms with E-state index in [1.165, 1.54) is 6.26 Å². The molecule has 0 saturated heterocycles. The second-order valence-electron chi connectivity index (χ2n) is 4.85. The first-order valence-corrected chi connectivity index (χ1v) is 8.51. The Bertz CT molecular complexity index is 805. The number of sulfonamides is 1. The second-order valence-corrected chi connectivity index (χ2v) is 6.83. The van der Waals surface area contributed by atoms with E-state index in [2.05, 4.69) is 5.32 Å². The van der Waals surface area contributed by atoms with Gasteiger partial charge in [-0.15, -0.1) is 0 Å². The quantitative estimate of drug-likeness (QED) is 0.864. The molecule has 0 aliphatic heterocycles. The molecule has 8 heteroatoms. The lowest BCUT2D eigenvalue weighted by atomic mass is 10.2. The third-order valence-corrected chi connectivity index (χ3v) is 4.20. The summed E-state index contributed by atoms with van der Waals surface area (Å²) < 4.78 is 29.7. The summed E-state index contributed by atoms with van der Waals surface area (Å²) in [5.74, 6) is -0.0340. The lowest BCUT2D eigenvalue weighted by Gasteiger charge is -2.18. The zero-order valence-electron chi connectivity index (χ0n) is 12.4. The molecule has 120 valence electrons. The van der Waals surface area contributed by atoms with Crippen molar-refractivity contribution < 1.29 is 17.6 Å². The van der Waals surface area contributed by atoms with E-state index in [9.17, 15) is 13.2 Å². The molecule has 1 amide bonds.